The van der Waals surface area contributed by atoms with E-state index in [2.05, 4.69) is 4.72 Å². The van der Waals surface area contributed by atoms with Crippen LogP contribution in [0.25, 0.3) is 0 Å². The van der Waals surface area contributed by atoms with Gasteiger partial charge < -0.3 is 9.47 Å². The van der Waals surface area contributed by atoms with E-state index in [-0.39, 0.29) is 19.0 Å². The molecule has 7 nitrogen and oxygen atoms in total. The van der Waals surface area contributed by atoms with Crippen LogP contribution in [0, 0.1) is 5.82 Å². The Morgan fingerprint density at radius 1 is 1.14 bits per heavy atom. The summed E-state index contributed by atoms with van der Waals surface area (Å²) in [5.74, 6) is 0.698. The van der Waals surface area contributed by atoms with Crippen molar-refractivity contribution < 1.29 is 27.1 Å². The van der Waals surface area contributed by atoms with Crippen molar-refractivity contribution in [3.05, 3.63) is 59.4 Å². The Hall–Kier alpha value is -2.20. The number of methoxy groups -OCH3 is 2. The van der Waals surface area contributed by atoms with Crippen LogP contribution in [0.2, 0.25) is 0 Å². The molecule has 1 N–H and O–H groups in total. The summed E-state index contributed by atoms with van der Waals surface area (Å²) in [5.41, 5.74) is 1.40. The van der Waals surface area contributed by atoms with E-state index < -0.39 is 21.3 Å². The van der Waals surface area contributed by atoms with E-state index in [1.807, 2.05) is 0 Å². The average molecular weight is 410 g/mol. The molecule has 1 fully saturated rings. The van der Waals surface area contributed by atoms with Crippen molar-refractivity contribution in [1.29, 1.82) is 0 Å². The van der Waals surface area contributed by atoms with Crippen molar-refractivity contribution >= 4 is 10.0 Å². The molecular weight excluding hydrogens is 387 g/mol. The molecule has 2 aromatic carbocycles. The van der Waals surface area contributed by atoms with Gasteiger partial charge in [0.05, 0.1) is 26.9 Å². The second-order valence-corrected chi connectivity index (χ2v) is 8.42. The quantitative estimate of drug-likeness (QED) is 0.755. The van der Waals surface area contributed by atoms with Crippen LogP contribution < -0.4 is 14.2 Å². The van der Waals surface area contributed by atoms with E-state index in [1.54, 1.807) is 37.4 Å². The van der Waals surface area contributed by atoms with Crippen LogP contribution in [-0.4, -0.2) is 46.6 Å². The summed E-state index contributed by atoms with van der Waals surface area (Å²) >= 11 is 0. The highest BCUT2D eigenvalue weighted by molar-refractivity contribution is 7.90. The van der Waals surface area contributed by atoms with Gasteiger partial charge in [-0.2, -0.15) is 5.06 Å². The monoisotopic (exact) mass is 410 g/mol. The van der Waals surface area contributed by atoms with Gasteiger partial charge in [0.1, 0.15) is 11.1 Å². The molecule has 1 heterocycles. The molecule has 152 valence electrons. The van der Waals surface area contributed by atoms with Gasteiger partial charge in [-0.15, -0.1) is 0 Å². The van der Waals surface area contributed by atoms with Crippen LogP contribution in [0.3, 0.4) is 0 Å². The molecule has 28 heavy (non-hydrogen) atoms. The number of ether oxygens (including phenoxy) is 2. The molecule has 0 amide bonds. The minimum absolute atomic E-state index is 0.0221. The average Bonchev–Trinajstić information content (AvgIpc) is 3.09. The Morgan fingerprint density at radius 2 is 1.82 bits per heavy atom. The number of nitrogens with zero attached hydrogens (tertiary/aromatic N) is 1. The summed E-state index contributed by atoms with van der Waals surface area (Å²) in [6.07, 6.45) is 0. The Kier molecular flexibility index (Phi) is 6.19. The maximum absolute atomic E-state index is 13.0. The molecule has 3 rings (SSSR count). The zero-order chi connectivity index (χ0) is 20.3. The van der Waals surface area contributed by atoms with Crippen molar-refractivity contribution in [3.63, 3.8) is 0 Å². The van der Waals surface area contributed by atoms with Crippen LogP contribution >= 0.6 is 0 Å². The number of rotatable bonds is 7. The highest BCUT2D eigenvalue weighted by atomic mass is 32.2. The molecule has 0 bridgehead atoms. The molecular formula is C19H23FN2O5S. The molecule has 0 radical (unpaired) electrons. The Labute approximate surface area is 164 Å². The summed E-state index contributed by atoms with van der Waals surface area (Å²) in [6, 6.07) is 10.4. The van der Waals surface area contributed by atoms with Gasteiger partial charge in [0.2, 0.25) is 10.0 Å². The van der Waals surface area contributed by atoms with Crippen LogP contribution in [0.15, 0.2) is 42.5 Å². The summed E-state index contributed by atoms with van der Waals surface area (Å²) in [4.78, 5) is 5.51. The van der Waals surface area contributed by atoms with Gasteiger partial charge in [-0.1, -0.05) is 18.2 Å². The van der Waals surface area contributed by atoms with Crippen molar-refractivity contribution in [2.45, 2.75) is 17.8 Å². The first-order valence-corrected chi connectivity index (χ1v) is 10.2. The SMILES string of the molecule is COc1ccc(C2C(S(=O)(=O)NCc3ccc(F)cc3)CON2C)cc1OC. The molecule has 0 saturated carbocycles. The smallest absolute Gasteiger partial charge is 0.219 e. The number of sulfonamides is 1. The molecule has 0 aliphatic carbocycles. The van der Waals surface area contributed by atoms with E-state index in [0.717, 1.165) is 5.56 Å². The van der Waals surface area contributed by atoms with Crippen LogP contribution in [-0.2, 0) is 21.4 Å². The van der Waals surface area contributed by atoms with Gasteiger partial charge in [0, 0.05) is 13.6 Å². The van der Waals surface area contributed by atoms with Crippen molar-refractivity contribution in [2.75, 3.05) is 27.9 Å². The maximum atomic E-state index is 13.0. The summed E-state index contributed by atoms with van der Waals surface area (Å²) < 4.78 is 52.1. The van der Waals surface area contributed by atoms with E-state index in [1.165, 1.54) is 31.4 Å². The lowest BCUT2D eigenvalue weighted by molar-refractivity contribution is -0.110. The lowest BCUT2D eigenvalue weighted by Crippen LogP contribution is -2.39. The van der Waals surface area contributed by atoms with Crippen molar-refractivity contribution in [1.82, 2.24) is 9.79 Å². The predicted octanol–water partition coefficient (Wildman–Crippen LogP) is 2.25. The van der Waals surface area contributed by atoms with Gasteiger partial charge in [0.15, 0.2) is 11.5 Å². The zero-order valence-electron chi connectivity index (χ0n) is 15.9. The van der Waals surface area contributed by atoms with Crippen LogP contribution in [0.4, 0.5) is 4.39 Å². The lowest BCUT2D eigenvalue weighted by atomic mass is 10.0. The molecule has 0 aromatic heterocycles. The number of hydrogen-bond donors (Lipinski definition) is 1. The fourth-order valence-corrected chi connectivity index (χ4v) is 4.70. The number of nitrogens with one attached hydrogen (secondary N) is 1. The first-order valence-electron chi connectivity index (χ1n) is 8.66. The van der Waals surface area contributed by atoms with Crippen molar-refractivity contribution in [3.8, 4) is 11.5 Å². The third-order valence-corrected chi connectivity index (χ3v) is 6.46. The second kappa shape index (κ2) is 8.44. The number of halogens is 1. The van der Waals surface area contributed by atoms with Gasteiger partial charge in [-0.05, 0) is 35.4 Å². The molecule has 1 aliphatic heterocycles. The second-order valence-electron chi connectivity index (χ2n) is 6.43. The normalized spacial score (nSPS) is 20.3. The minimum Gasteiger partial charge on any atom is -0.493 e. The van der Waals surface area contributed by atoms with E-state index in [0.29, 0.717) is 17.1 Å². The Morgan fingerprint density at radius 3 is 2.46 bits per heavy atom. The van der Waals surface area contributed by atoms with Gasteiger partial charge >= 0.3 is 0 Å². The maximum Gasteiger partial charge on any atom is 0.219 e. The molecule has 1 aliphatic rings. The third-order valence-electron chi connectivity index (χ3n) is 4.72. The van der Waals surface area contributed by atoms with Gasteiger partial charge in [0.25, 0.3) is 0 Å². The predicted molar refractivity (Wildman–Crippen MR) is 102 cm³/mol. The van der Waals surface area contributed by atoms with Gasteiger partial charge in [-0.3, -0.25) is 4.84 Å². The third kappa shape index (κ3) is 4.27. The molecule has 2 aromatic rings. The molecule has 2 atom stereocenters. The minimum atomic E-state index is -3.72. The molecule has 0 spiro atoms. The van der Waals surface area contributed by atoms with Crippen molar-refractivity contribution in [2.24, 2.45) is 0 Å². The van der Waals surface area contributed by atoms with E-state index in [9.17, 15) is 12.8 Å². The van der Waals surface area contributed by atoms with Gasteiger partial charge in [-0.25, -0.2) is 17.5 Å². The Bertz CT molecular complexity index is 920. The van der Waals surface area contributed by atoms with E-state index in [4.69, 9.17) is 14.3 Å². The standard InChI is InChI=1S/C19H23FN2O5S/c1-22-19(14-6-9-16(25-2)17(10-14)26-3)18(12-27-22)28(23,24)21-11-13-4-7-15(20)8-5-13/h4-10,18-19,21H,11-12H2,1-3H3. The fraction of sp³-hybridized carbons (Fsp3) is 0.368. The highest BCUT2D eigenvalue weighted by Gasteiger charge is 2.43. The number of hydrogen-bond acceptors (Lipinski definition) is 6. The topological polar surface area (TPSA) is 77.1 Å². The number of benzene rings is 2. The first-order chi connectivity index (χ1) is 13.4. The molecule has 2 unspecified atom stereocenters. The molecule has 1 saturated heterocycles. The molecule has 9 heteroatoms. The summed E-state index contributed by atoms with van der Waals surface area (Å²) in [7, 11) is 1.03. The van der Waals surface area contributed by atoms with Crippen LogP contribution in [0.1, 0.15) is 17.2 Å². The number of hydroxylamine groups is 2. The lowest BCUT2D eigenvalue weighted by Gasteiger charge is -2.24. The van der Waals surface area contributed by atoms with Crippen LogP contribution in [0.5, 0.6) is 11.5 Å². The highest BCUT2D eigenvalue weighted by Crippen LogP contribution is 2.37. The summed E-state index contributed by atoms with van der Waals surface area (Å²) in [5, 5.41) is 0.708. The Balaban J connectivity index is 1.82. The zero-order valence-corrected chi connectivity index (χ0v) is 16.7. The fourth-order valence-electron chi connectivity index (χ4n) is 3.21. The van der Waals surface area contributed by atoms with E-state index >= 15 is 0 Å². The first kappa shape index (κ1) is 20.5. The summed E-state index contributed by atoms with van der Waals surface area (Å²) in [6.45, 7) is 0.0930. The largest absolute Gasteiger partial charge is 0.493 e.